The fourth-order valence-electron chi connectivity index (χ4n) is 5.10. The number of carboxylic acid groups (broad SMARTS) is 1. The molecule has 0 amide bonds. The fraction of sp³-hybridized carbons (Fsp3) is 0.542. The van der Waals surface area contributed by atoms with Gasteiger partial charge in [0.1, 0.15) is 22.2 Å². The van der Waals surface area contributed by atoms with E-state index in [1.165, 1.54) is 16.7 Å². The first-order valence-electron chi connectivity index (χ1n) is 12.7. The van der Waals surface area contributed by atoms with Crippen molar-refractivity contribution in [2.24, 2.45) is 0 Å². The van der Waals surface area contributed by atoms with Gasteiger partial charge < -0.3 is 10.0 Å². The van der Waals surface area contributed by atoms with E-state index in [2.05, 4.69) is 20.2 Å². The molecular weight excluding hydrogens is 566 g/mol. The van der Waals surface area contributed by atoms with Crippen LogP contribution in [0.4, 0.5) is 14.5 Å². The van der Waals surface area contributed by atoms with Crippen LogP contribution in [0, 0.1) is 11.3 Å². The largest absolute Gasteiger partial charge is 0.480 e. The Morgan fingerprint density at radius 3 is 2.62 bits per heavy atom. The lowest BCUT2D eigenvalue weighted by Gasteiger charge is -2.43. The third kappa shape index (κ3) is 4.80. The highest BCUT2D eigenvalue weighted by atomic mass is 32.2. The number of carboxylic acids is 1. The molecule has 3 fully saturated rings. The zero-order valence-corrected chi connectivity index (χ0v) is 23.2. The number of fused-ring (bicyclic) bond motifs is 1. The van der Waals surface area contributed by atoms with Crippen LogP contribution in [0.1, 0.15) is 62.6 Å². The van der Waals surface area contributed by atoms with Crippen LogP contribution < -0.4 is 14.9 Å². The molecule has 6 rings (SSSR count). The van der Waals surface area contributed by atoms with E-state index in [1.807, 2.05) is 19.9 Å². The molecule has 4 heterocycles. The number of aromatic nitrogens is 4. The van der Waals surface area contributed by atoms with Gasteiger partial charge in [0.2, 0.25) is 10.0 Å². The quantitative estimate of drug-likeness (QED) is 0.354. The molecule has 16 heteroatoms. The summed E-state index contributed by atoms with van der Waals surface area (Å²) in [5.74, 6) is -1.01. The number of nitriles is 1. The van der Waals surface area contributed by atoms with Crippen molar-refractivity contribution in [3.05, 3.63) is 23.0 Å². The average Bonchev–Trinajstić information content (AvgIpc) is 3.78. The number of hydrogen-bond donors (Lipinski definition) is 3. The highest BCUT2D eigenvalue weighted by molar-refractivity contribution is 7.89. The number of rotatable bonds is 8. The maximum absolute atomic E-state index is 13.6. The molecule has 0 radical (unpaired) electrons. The first-order valence-corrected chi connectivity index (χ1v) is 15.0. The van der Waals surface area contributed by atoms with Crippen molar-refractivity contribution in [1.29, 1.82) is 5.26 Å². The van der Waals surface area contributed by atoms with Crippen LogP contribution in [-0.2, 0) is 14.8 Å². The first-order chi connectivity index (χ1) is 18.8. The molecular formula is C24H26F2N8O4S2. The summed E-state index contributed by atoms with van der Waals surface area (Å²) in [7, 11) is -4.21. The molecule has 3 aliphatic rings. The number of sulfonamides is 1. The summed E-state index contributed by atoms with van der Waals surface area (Å²) in [4.78, 5) is 18.5. The molecule has 1 aliphatic heterocycles. The molecule has 1 atom stereocenters. The van der Waals surface area contributed by atoms with Gasteiger partial charge in [0.15, 0.2) is 15.7 Å². The summed E-state index contributed by atoms with van der Waals surface area (Å²) < 4.78 is 58.0. The Balaban J connectivity index is 1.58. The summed E-state index contributed by atoms with van der Waals surface area (Å²) in [6.45, 7) is 4.06. The molecule has 12 nitrogen and oxygen atoms in total. The van der Waals surface area contributed by atoms with Crippen LogP contribution >= 0.6 is 11.3 Å². The Morgan fingerprint density at radius 1 is 1.32 bits per heavy atom. The number of halogens is 2. The van der Waals surface area contributed by atoms with Crippen LogP contribution in [0.2, 0.25) is 0 Å². The lowest BCUT2D eigenvalue weighted by molar-refractivity contribution is -0.140. The fourth-order valence-corrected chi connectivity index (χ4v) is 7.24. The molecule has 0 unspecified atom stereocenters. The second-order valence-corrected chi connectivity index (χ2v) is 13.9. The number of alkyl halides is 2. The SMILES string of the molecule is CC1(C)CN(c2cc(S(=O)(=O)NC3(C#N)CC3)cn3c(-c4nnc(C(F)F)s4)c(C4CC4)nc23)C[C@@H](C(=O)O)N1. The lowest BCUT2D eigenvalue weighted by atomic mass is 9.98. The molecule has 0 aromatic carbocycles. The van der Waals surface area contributed by atoms with E-state index in [4.69, 9.17) is 4.98 Å². The Kier molecular flexibility index (Phi) is 6.15. The van der Waals surface area contributed by atoms with Crippen LogP contribution in [0.15, 0.2) is 17.2 Å². The normalized spacial score (nSPS) is 22.0. The predicted octanol–water partition coefficient (Wildman–Crippen LogP) is 2.64. The van der Waals surface area contributed by atoms with Gasteiger partial charge in [0.05, 0.1) is 17.5 Å². The van der Waals surface area contributed by atoms with Gasteiger partial charge in [-0.25, -0.2) is 22.2 Å². The van der Waals surface area contributed by atoms with Crippen molar-refractivity contribution in [3.8, 4) is 16.8 Å². The van der Waals surface area contributed by atoms with Crippen molar-refractivity contribution in [2.75, 3.05) is 18.0 Å². The standard InChI is InChI=1S/C24H26F2N8O4S2/c1-23(2)11-33(9-14(29-23)22(35)36)15-7-13(40(37,38)32-24(10-27)5-6-24)8-34-17(16(12-3-4-12)28-19(15)34)20-30-31-21(39-20)18(25)26/h7-8,12,14,18,29,32H,3-6,9,11H2,1-2H3,(H,35,36)/t14-/m0/s1. The summed E-state index contributed by atoms with van der Waals surface area (Å²) >= 11 is 0.713. The summed E-state index contributed by atoms with van der Waals surface area (Å²) in [5.41, 5.74) is -0.122. The molecule has 0 spiro atoms. The number of nitrogens with zero attached hydrogens (tertiary/aromatic N) is 6. The molecule has 3 aromatic heterocycles. The molecule has 2 aliphatic carbocycles. The molecule has 3 N–H and O–H groups in total. The van der Waals surface area contributed by atoms with Crippen LogP contribution in [0.5, 0.6) is 0 Å². The van der Waals surface area contributed by atoms with Gasteiger partial charge in [-0.1, -0.05) is 11.3 Å². The van der Waals surface area contributed by atoms with E-state index in [9.17, 15) is 32.4 Å². The van der Waals surface area contributed by atoms with Crippen molar-refractivity contribution in [3.63, 3.8) is 0 Å². The van der Waals surface area contributed by atoms with Gasteiger partial charge in [-0.15, -0.1) is 10.2 Å². The predicted molar refractivity (Wildman–Crippen MR) is 140 cm³/mol. The van der Waals surface area contributed by atoms with Gasteiger partial charge >= 0.3 is 5.97 Å². The van der Waals surface area contributed by atoms with Crippen molar-refractivity contribution in [1.82, 2.24) is 29.6 Å². The maximum Gasteiger partial charge on any atom is 0.322 e. The molecule has 1 saturated heterocycles. The number of carbonyl (C=O) groups is 1. The van der Waals surface area contributed by atoms with Crippen molar-refractivity contribution in [2.45, 2.75) is 73.9 Å². The van der Waals surface area contributed by atoms with Crippen LogP contribution in [0.3, 0.4) is 0 Å². The van der Waals surface area contributed by atoms with E-state index in [1.54, 1.807) is 4.90 Å². The highest BCUT2D eigenvalue weighted by Crippen LogP contribution is 2.46. The zero-order valence-electron chi connectivity index (χ0n) is 21.6. The molecule has 40 heavy (non-hydrogen) atoms. The number of anilines is 1. The highest BCUT2D eigenvalue weighted by Gasteiger charge is 2.47. The Bertz CT molecular complexity index is 1670. The van der Waals surface area contributed by atoms with E-state index >= 15 is 0 Å². The number of pyridine rings is 1. The Morgan fingerprint density at radius 2 is 2.05 bits per heavy atom. The van der Waals surface area contributed by atoms with E-state index in [0.29, 0.717) is 53.4 Å². The summed E-state index contributed by atoms with van der Waals surface area (Å²) in [6, 6.07) is 2.51. The number of imidazole rings is 1. The lowest BCUT2D eigenvalue weighted by Crippen LogP contribution is -2.64. The molecule has 3 aromatic rings. The third-order valence-electron chi connectivity index (χ3n) is 7.29. The zero-order chi connectivity index (χ0) is 28.6. The van der Waals surface area contributed by atoms with Crippen molar-refractivity contribution >= 4 is 38.7 Å². The molecule has 0 bridgehead atoms. The van der Waals surface area contributed by atoms with Gasteiger partial charge in [-0.05, 0) is 45.6 Å². The average molecular weight is 593 g/mol. The number of piperazine rings is 1. The minimum absolute atomic E-state index is 0.0305. The Hall–Kier alpha value is -3.26. The smallest absolute Gasteiger partial charge is 0.322 e. The van der Waals surface area contributed by atoms with Crippen LogP contribution in [0.25, 0.3) is 16.3 Å². The second kappa shape index (κ2) is 9.13. The monoisotopic (exact) mass is 592 g/mol. The van der Waals surface area contributed by atoms with E-state index < -0.39 is 44.5 Å². The van der Waals surface area contributed by atoms with Gasteiger partial charge in [-0.2, -0.15) is 9.98 Å². The number of aliphatic carboxylic acids is 1. The van der Waals surface area contributed by atoms with Gasteiger partial charge in [0.25, 0.3) is 6.43 Å². The summed E-state index contributed by atoms with van der Waals surface area (Å²) in [5, 5.41) is 29.7. The molecule has 212 valence electrons. The van der Waals surface area contributed by atoms with Crippen molar-refractivity contribution < 1.29 is 27.1 Å². The third-order valence-corrected chi connectivity index (χ3v) is 9.73. The number of hydrogen-bond acceptors (Lipinski definition) is 10. The minimum Gasteiger partial charge on any atom is -0.480 e. The Labute approximate surface area is 232 Å². The van der Waals surface area contributed by atoms with E-state index in [-0.39, 0.29) is 22.4 Å². The number of nitrogens with one attached hydrogen (secondary N) is 2. The van der Waals surface area contributed by atoms with Crippen LogP contribution in [-0.4, -0.2) is 69.3 Å². The first kappa shape index (κ1) is 26.9. The summed E-state index contributed by atoms with van der Waals surface area (Å²) in [6.07, 6.45) is 0.953. The van der Waals surface area contributed by atoms with Gasteiger partial charge in [-0.3, -0.25) is 14.5 Å². The molecule has 2 saturated carbocycles. The topological polar surface area (TPSA) is 166 Å². The van der Waals surface area contributed by atoms with E-state index in [0.717, 1.165) is 12.8 Å². The maximum atomic E-state index is 13.6. The minimum atomic E-state index is -4.21. The second-order valence-electron chi connectivity index (χ2n) is 11.2. The van der Waals surface area contributed by atoms with Gasteiger partial charge in [0, 0.05) is 30.7 Å².